The summed E-state index contributed by atoms with van der Waals surface area (Å²) >= 11 is 0. The van der Waals surface area contributed by atoms with E-state index in [1.165, 1.54) is 38.9 Å². The van der Waals surface area contributed by atoms with E-state index in [1.807, 2.05) is 31.2 Å². The molecule has 0 aromatic heterocycles. The number of hydrogen-bond donors (Lipinski definition) is 1. The maximum Gasteiger partial charge on any atom is 0.251 e. The molecule has 2 aromatic rings. The molecule has 1 N–H and O–H groups in total. The Bertz CT molecular complexity index is 906. The van der Waals surface area contributed by atoms with E-state index in [0.29, 0.717) is 0 Å². The average Bonchev–Trinajstić information content (AvgIpc) is 2.67. The molecule has 0 aliphatic carbocycles. The summed E-state index contributed by atoms with van der Waals surface area (Å²) in [6.07, 6.45) is 0.954. The van der Waals surface area contributed by atoms with Crippen LogP contribution in [0, 0.1) is 0 Å². The molecule has 2 rings (SSSR count). The Hall–Kier alpha value is -2.38. The Labute approximate surface area is 161 Å². The van der Waals surface area contributed by atoms with E-state index < -0.39 is 10.0 Å². The summed E-state index contributed by atoms with van der Waals surface area (Å²) in [5.74, 6) is -0.150. The molecule has 7 heteroatoms. The molecule has 0 aliphatic heterocycles. The van der Waals surface area contributed by atoms with Crippen LogP contribution in [0.1, 0.15) is 41.4 Å². The SMILES string of the molecule is CCc1ccc(C(C)NC(=O)c2ccc(OC)c(S(=O)(=O)N(C)C)c2)cc1. The molecule has 1 unspecified atom stereocenters. The van der Waals surface area contributed by atoms with E-state index in [1.54, 1.807) is 6.07 Å². The van der Waals surface area contributed by atoms with Crippen molar-refractivity contribution in [2.45, 2.75) is 31.2 Å². The number of ether oxygens (including phenoxy) is 1. The number of sulfonamides is 1. The van der Waals surface area contributed by atoms with Gasteiger partial charge in [0.15, 0.2) is 0 Å². The van der Waals surface area contributed by atoms with Gasteiger partial charge in [-0.1, -0.05) is 31.2 Å². The average molecular weight is 391 g/mol. The monoisotopic (exact) mass is 390 g/mol. The second kappa shape index (κ2) is 8.54. The van der Waals surface area contributed by atoms with E-state index in [0.717, 1.165) is 16.3 Å². The molecule has 0 radical (unpaired) electrons. The number of hydrogen-bond acceptors (Lipinski definition) is 4. The number of nitrogens with one attached hydrogen (secondary N) is 1. The zero-order valence-corrected chi connectivity index (χ0v) is 17.1. The highest BCUT2D eigenvalue weighted by atomic mass is 32.2. The van der Waals surface area contributed by atoms with Gasteiger partial charge in [0.2, 0.25) is 10.0 Å². The van der Waals surface area contributed by atoms with Crippen LogP contribution in [0.15, 0.2) is 47.4 Å². The Morgan fingerprint density at radius 1 is 1.15 bits per heavy atom. The predicted octanol–water partition coefficient (Wildman–Crippen LogP) is 3.00. The minimum Gasteiger partial charge on any atom is -0.495 e. The fourth-order valence-corrected chi connectivity index (χ4v) is 3.70. The van der Waals surface area contributed by atoms with E-state index in [9.17, 15) is 13.2 Å². The Morgan fingerprint density at radius 3 is 2.30 bits per heavy atom. The predicted molar refractivity (Wildman–Crippen MR) is 106 cm³/mol. The van der Waals surface area contributed by atoms with Crippen LogP contribution in [-0.4, -0.2) is 39.8 Å². The van der Waals surface area contributed by atoms with Gasteiger partial charge in [-0.15, -0.1) is 0 Å². The number of carbonyl (C=O) groups excluding carboxylic acids is 1. The second-order valence-corrected chi connectivity index (χ2v) is 8.56. The molecule has 0 heterocycles. The summed E-state index contributed by atoms with van der Waals surface area (Å²) in [5, 5.41) is 2.91. The minimum atomic E-state index is -3.74. The lowest BCUT2D eigenvalue weighted by molar-refractivity contribution is 0.0939. The lowest BCUT2D eigenvalue weighted by Gasteiger charge is -2.17. The zero-order chi connectivity index (χ0) is 20.2. The van der Waals surface area contributed by atoms with Crippen molar-refractivity contribution in [3.8, 4) is 5.75 Å². The Kier molecular flexibility index (Phi) is 6.62. The number of aryl methyl sites for hydroxylation is 1. The fourth-order valence-electron chi connectivity index (χ4n) is 2.62. The molecule has 1 atom stereocenters. The molecule has 6 nitrogen and oxygen atoms in total. The minimum absolute atomic E-state index is 0.0393. The summed E-state index contributed by atoms with van der Waals surface area (Å²) in [5.41, 5.74) is 2.47. The summed E-state index contributed by atoms with van der Waals surface area (Å²) in [4.78, 5) is 12.6. The van der Waals surface area contributed by atoms with Crippen LogP contribution in [0.2, 0.25) is 0 Å². The van der Waals surface area contributed by atoms with Gasteiger partial charge >= 0.3 is 0 Å². The van der Waals surface area contributed by atoms with Gasteiger partial charge in [-0.2, -0.15) is 0 Å². The highest BCUT2D eigenvalue weighted by Crippen LogP contribution is 2.27. The number of benzene rings is 2. The molecule has 2 aromatic carbocycles. The highest BCUT2D eigenvalue weighted by molar-refractivity contribution is 7.89. The first-order chi connectivity index (χ1) is 12.7. The molecule has 0 saturated carbocycles. The lowest BCUT2D eigenvalue weighted by atomic mass is 10.0. The van der Waals surface area contributed by atoms with Gasteiger partial charge in [0, 0.05) is 19.7 Å². The summed E-state index contributed by atoms with van der Waals surface area (Å²) in [7, 11) is 0.527. The van der Waals surface area contributed by atoms with E-state index >= 15 is 0 Å². The fraction of sp³-hybridized carbons (Fsp3) is 0.350. The molecule has 146 valence electrons. The van der Waals surface area contributed by atoms with Gasteiger partial charge < -0.3 is 10.1 Å². The van der Waals surface area contributed by atoms with Crippen molar-refractivity contribution in [1.29, 1.82) is 0 Å². The topological polar surface area (TPSA) is 75.7 Å². The van der Waals surface area contributed by atoms with Gasteiger partial charge in [-0.3, -0.25) is 4.79 Å². The third-order valence-corrected chi connectivity index (χ3v) is 6.26. The number of amides is 1. The number of rotatable bonds is 7. The molecule has 27 heavy (non-hydrogen) atoms. The van der Waals surface area contributed by atoms with Gasteiger partial charge in [0.05, 0.1) is 13.2 Å². The standard InChI is InChI=1S/C20H26N2O4S/c1-6-15-7-9-16(10-8-15)14(2)21-20(23)17-11-12-18(26-5)19(13-17)27(24,25)22(3)4/h7-14H,6H2,1-5H3,(H,21,23). The molecular weight excluding hydrogens is 364 g/mol. The molecular formula is C20H26N2O4S. The quantitative estimate of drug-likeness (QED) is 0.789. The first-order valence-corrected chi connectivity index (χ1v) is 10.1. The number of nitrogens with zero attached hydrogens (tertiary/aromatic N) is 1. The second-order valence-electron chi connectivity index (χ2n) is 6.44. The molecule has 1 amide bonds. The van der Waals surface area contributed by atoms with Crippen LogP contribution >= 0.6 is 0 Å². The lowest BCUT2D eigenvalue weighted by Crippen LogP contribution is -2.27. The first-order valence-electron chi connectivity index (χ1n) is 8.71. The normalized spacial score (nSPS) is 12.7. The van der Waals surface area contributed by atoms with Crippen LogP contribution in [0.5, 0.6) is 5.75 Å². The van der Waals surface area contributed by atoms with Crippen LogP contribution in [-0.2, 0) is 16.4 Å². The number of methoxy groups -OCH3 is 1. The van der Waals surface area contributed by atoms with Gasteiger partial charge in [-0.25, -0.2) is 12.7 Å². The van der Waals surface area contributed by atoms with Crippen molar-refractivity contribution in [2.75, 3.05) is 21.2 Å². The van der Waals surface area contributed by atoms with Crippen molar-refractivity contribution in [3.63, 3.8) is 0 Å². The third-order valence-electron chi connectivity index (χ3n) is 4.42. The van der Waals surface area contributed by atoms with Crippen molar-refractivity contribution in [3.05, 3.63) is 59.2 Å². The smallest absolute Gasteiger partial charge is 0.251 e. The van der Waals surface area contributed by atoms with Gasteiger partial charge in [0.25, 0.3) is 5.91 Å². The summed E-state index contributed by atoms with van der Waals surface area (Å²) in [6, 6.07) is 12.2. The molecule has 0 bridgehead atoms. The number of carbonyl (C=O) groups is 1. The molecule has 0 fully saturated rings. The molecule has 0 aliphatic rings. The van der Waals surface area contributed by atoms with Crippen LogP contribution in [0.3, 0.4) is 0 Å². The first kappa shape index (κ1) is 20.9. The molecule has 0 saturated heterocycles. The van der Waals surface area contributed by atoms with Gasteiger partial charge in [-0.05, 0) is 42.7 Å². The Balaban J connectivity index is 2.28. The van der Waals surface area contributed by atoms with E-state index in [2.05, 4.69) is 12.2 Å². The van der Waals surface area contributed by atoms with Crippen molar-refractivity contribution in [1.82, 2.24) is 9.62 Å². The maximum atomic E-state index is 12.6. The van der Waals surface area contributed by atoms with Crippen LogP contribution < -0.4 is 10.1 Å². The van der Waals surface area contributed by atoms with Crippen molar-refractivity contribution in [2.24, 2.45) is 0 Å². The zero-order valence-electron chi connectivity index (χ0n) is 16.3. The van der Waals surface area contributed by atoms with Crippen LogP contribution in [0.25, 0.3) is 0 Å². The Morgan fingerprint density at radius 2 is 1.78 bits per heavy atom. The van der Waals surface area contributed by atoms with E-state index in [4.69, 9.17) is 4.74 Å². The highest BCUT2D eigenvalue weighted by Gasteiger charge is 2.24. The van der Waals surface area contributed by atoms with Crippen LogP contribution in [0.4, 0.5) is 0 Å². The maximum absolute atomic E-state index is 12.6. The van der Waals surface area contributed by atoms with Crippen molar-refractivity contribution >= 4 is 15.9 Å². The summed E-state index contributed by atoms with van der Waals surface area (Å²) in [6.45, 7) is 3.98. The third kappa shape index (κ3) is 4.67. The van der Waals surface area contributed by atoms with Gasteiger partial charge in [0.1, 0.15) is 10.6 Å². The van der Waals surface area contributed by atoms with Crippen molar-refractivity contribution < 1.29 is 17.9 Å². The summed E-state index contributed by atoms with van der Waals surface area (Å²) < 4.78 is 31.2. The largest absolute Gasteiger partial charge is 0.495 e. The van der Waals surface area contributed by atoms with E-state index in [-0.39, 0.29) is 28.2 Å². The molecule has 0 spiro atoms.